The van der Waals surface area contributed by atoms with Crippen molar-refractivity contribution in [1.29, 1.82) is 0 Å². The molecule has 0 aliphatic carbocycles. The molecule has 2 atom stereocenters. The van der Waals surface area contributed by atoms with Crippen LogP contribution in [0.4, 0.5) is 0 Å². The summed E-state index contributed by atoms with van der Waals surface area (Å²) < 4.78 is 0. The predicted octanol–water partition coefficient (Wildman–Crippen LogP) is 5.31. The van der Waals surface area contributed by atoms with Gasteiger partial charge in [-0.3, -0.25) is 5.09 Å². The summed E-state index contributed by atoms with van der Waals surface area (Å²) in [6.07, 6.45) is 0. The number of benzene rings is 3. The van der Waals surface area contributed by atoms with Crippen molar-refractivity contribution in [2.75, 3.05) is 0 Å². The number of hydrogen-bond donors (Lipinski definition) is 1. The molecule has 2 heteroatoms. The van der Waals surface area contributed by atoms with Gasteiger partial charge in [0.25, 0.3) is 0 Å². The van der Waals surface area contributed by atoms with E-state index in [-0.39, 0.29) is 0 Å². The molecule has 0 amide bonds. The van der Waals surface area contributed by atoms with E-state index >= 15 is 0 Å². The Morgan fingerprint density at radius 1 is 0.760 bits per heavy atom. The van der Waals surface area contributed by atoms with Crippen LogP contribution in [0.3, 0.4) is 0 Å². The molecule has 1 N–H and O–H groups in total. The van der Waals surface area contributed by atoms with Crippen molar-refractivity contribution >= 4 is 18.7 Å². The van der Waals surface area contributed by atoms with E-state index in [1.54, 1.807) is 0 Å². The molecule has 1 nitrogen and oxygen atoms in total. The van der Waals surface area contributed by atoms with E-state index in [1.165, 1.54) is 32.9 Å². The summed E-state index contributed by atoms with van der Waals surface area (Å²) in [5, 5.41) is 6.76. The van der Waals surface area contributed by atoms with Gasteiger partial charge in [0, 0.05) is 19.4 Å². The zero-order chi connectivity index (χ0) is 17.8. The highest BCUT2D eigenvalue weighted by molar-refractivity contribution is 7.71. The molecule has 3 aromatic carbocycles. The average Bonchev–Trinajstić information content (AvgIpc) is 2.61. The van der Waals surface area contributed by atoms with Crippen molar-refractivity contribution in [1.82, 2.24) is 5.09 Å². The highest BCUT2D eigenvalue weighted by Crippen LogP contribution is 2.35. The Hall–Kier alpha value is -1.95. The maximum absolute atomic E-state index is 3.93. The largest absolute Gasteiger partial charge is 0.282 e. The maximum atomic E-state index is 3.93. The Balaban J connectivity index is 2.03. The van der Waals surface area contributed by atoms with Crippen LogP contribution in [0.5, 0.6) is 0 Å². The highest BCUT2D eigenvalue weighted by atomic mass is 31.1. The third-order valence-electron chi connectivity index (χ3n) is 4.50. The quantitative estimate of drug-likeness (QED) is 0.617. The molecular weight excluding hydrogens is 321 g/mol. The molecule has 0 aromatic heterocycles. The van der Waals surface area contributed by atoms with Gasteiger partial charge in [-0.05, 0) is 49.7 Å². The lowest BCUT2D eigenvalue weighted by Crippen LogP contribution is -2.28. The van der Waals surface area contributed by atoms with Crippen LogP contribution in [0.2, 0.25) is 0 Å². The van der Waals surface area contributed by atoms with Gasteiger partial charge < -0.3 is 0 Å². The molecule has 0 aliphatic rings. The Labute approximate surface area is 152 Å². The van der Waals surface area contributed by atoms with Crippen LogP contribution in [-0.2, 0) is 0 Å². The first kappa shape index (κ1) is 17.9. The van der Waals surface area contributed by atoms with Crippen molar-refractivity contribution in [3.05, 3.63) is 95.1 Å². The Morgan fingerprint density at radius 3 is 1.84 bits per heavy atom. The second kappa shape index (κ2) is 7.95. The van der Waals surface area contributed by atoms with E-state index in [0.717, 1.165) is 0 Å². The van der Waals surface area contributed by atoms with Gasteiger partial charge in [-0.15, -0.1) is 0 Å². The van der Waals surface area contributed by atoms with Crippen LogP contribution in [0.15, 0.2) is 72.8 Å². The van der Waals surface area contributed by atoms with Gasteiger partial charge in [0.2, 0.25) is 0 Å². The second-order valence-electron chi connectivity index (χ2n) is 6.68. The van der Waals surface area contributed by atoms with Crippen LogP contribution in [0.1, 0.15) is 35.2 Å². The minimum absolute atomic E-state index is 0.299. The normalized spacial score (nSPS) is 13.4. The number of aryl methyl sites for hydroxylation is 3. The van der Waals surface area contributed by atoms with E-state index in [0.29, 0.717) is 6.04 Å². The van der Waals surface area contributed by atoms with Crippen molar-refractivity contribution in [3.8, 4) is 0 Å². The summed E-state index contributed by atoms with van der Waals surface area (Å²) in [4.78, 5) is 0. The summed E-state index contributed by atoms with van der Waals surface area (Å²) in [7, 11) is -0.618. The van der Waals surface area contributed by atoms with Gasteiger partial charge in [-0.2, -0.15) is 0 Å². The maximum Gasteiger partial charge on any atom is 0.0333 e. The molecule has 0 fully saturated rings. The molecule has 0 spiro atoms. The molecule has 25 heavy (non-hydrogen) atoms. The first-order chi connectivity index (χ1) is 12.1. The summed E-state index contributed by atoms with van der Waals surface area (Å²) in [6, 6.07) is 26.5. The third-order valence-corrected chi connectivity index (χ3v) is 7.11. The lowest BCUT2D eigenvalue weighted by Gasteiger charge is -2.27. The molecule has 0 radical (unpaired) electrons. The Morgan fingerprint density at radius 2 is 1.28 bits per heavy atom. The fourth-order valence-corrected chi connectivity index (χ4v) is 5.76. The molecule has 1 unspecified atom stereocenters. The highest BCUT2D eigenvalue weighted by Gasteiger charge is 2.21. The average molecular weight is 347 g/mol. The van der Waals surface area contributed by atoms with Gasteiger partial charge in [0.05, 0.1) is 0 Å². The molecule has 3 rings (SSSR count). The summed E-state index contributed by atoms with van der Waals surface area (Å²) >= 11 is 0. The lowest BCUT2D eigenvalue weighted by atomic mass is 10.1. The molecule has 0 heterocycles. The zero-order valence-electron chi connectivity index (χ0n) is 15.5. The lowest BCUT2D eigenvalue weighted by molar-refractivity contribution is 0.748. The van der Waals surface area contributed by atoms with E-state index in [1.807, 2.05) is 0 Å². The standard InChI is InChI=1S/C23H26NP/c1-17-15-18(2)23(19(3)16-17)25(22-13-9-6-10-14-22)24-20(4)21-11-7-5-8-12-21/h5-16,20,24H,1-4H3/t20-,25?/m0/s1. The van der Waals surface area contributed by atoms with E-state index in [2.05, 4.69) is 106 Å². The fourth-order valence-electron chi connectivity index (χ4n) is 3.38. The fraction of sp³-hybridized carbons (Fsp3) is 0.217. The molecule has 128 valence electrons. The van der Waals surface area contributed by atoms with Gasteiger partial charge in [0.1, 0.15) is 0 Å². The smallest absolute Gasteiger partial charge is 0.0333 e. The van der Waals surface area contributed by atoms with Crippen LogP contribution < -0.4 is 15.7 Å². The summed E-state index contributed by atoms with van der Waals surface area (Å²) in [6.45, 7) is 8.91. The van der Waals surface area contributed by atoms with E-state index in [4.69, 9.17) is 0 Å². The van der Waals surface area contributed by atoms with Crippen LogP contribution in [-0.4, -0.2) is 0 Å². The summed E-state index contributed by atoms with van der Waals surface area (Å²) in [5.41, 5.74) is 5.41. The van der Waals surface area contributed by atoms with Crippen molar-refractivity contribution in [2.24, 2.45) is 0 Å². The monoisotopic (exact) mass is 347 g/mol. The number of hydrogen-bond acceptors (Lipinski definition) is 1. The van der Waals surface area contributed by atoms with E-state index in [9.17, 15) is 0 Å². The predicted molar refractivity (Wildman–Crippen MR) is 111 cm³/mol. The van der Waals surface area contributed by atoms with Gasteiger partial charge in [-0.25, -0.2) is 0 Å². The number of nitrogens with one attached hydrogen (secondary N) is 1. The molecule has 3 aromatic rings. The zero-order valence-corrected chi connectivity index (χ0v) is 16.3. The van der Waals surface area contributed by atoms with Gasteiger partial charge >= 0.3 is 0 Å². The van der Waals surface area contributed by atoms with Crippen molar-refractivity contribution in [2.45, 2.75) is 33.7 Å². The molecule has 0 saturated heterocycles. The summed E-state index contributed by atoms with van der Waals surface area (Å²) in [5.74, 6) is 0. The van der Waals surface area contributed by atoms with Crippen LogP contribution in [0.25, 0.3) is 0 Å². The minimum Gasteiger partial charge on any atom is -0.282 e. The van der Waals surface area contributed by atoms with E-state index < -0.39 is 8.07 Å². The molecule has 0 aliphatic heterocycles. The van der Waals surface area contributed by atoms with Gasteiger partial charge in [0.15, 0.2) is 0 Å². The molecule has 0 saturated carbocycles. The Bertz CT molecular complexity index is 804. The molecular formula is C23H26NP. The number of rotatable bonds is 5. The SMILES string of the molecule is Cc1cc(C)c(P(N[C@@H](C)c2ccccc2)c2ccccc2)c(C)c1. The third kappa shape index (κ3) is 4.18. The van der Waals surface area contributed by atoms with Crippen LogP contribution >= 0.6 is 8.07 Å². The van der Waals surface area contributed by atoms with Gasteiger partial charge in [-0.1, -0.05) is 78.4 Å². The van der Waals surface area contributed by atoms with Crippen molar-refractivity contribution < 1.29 is 0 Å². The minimum atomic E-state index is -0.618. The second-order valence-corrected chi connectivity index (χ2v) is 8.57. The first-order valence-corrected chi connectivity index (χ1v) is 10.1. The first-order valence-electron chi connectivity index (χ1n) is 8.80. The Kier molecular flexibility index (Phi) is 5.68. The van der Waals surface area contributed by atoms with Crippen LogP contribution in [0, 0.1) is 20.8 Å². The topological polar surface area (TPSA) is 12.0 Å². The van der Waals surface area contributed by atoms with Crippen molar-refractivity contribution in [3.63, 3.8) is 0 Å². The molecule has 0 bridgehead atoms.